The topological polar surface area (TPSA) is 90.0 Å². The molecule has 3 aromatic carbocycles. The van der Waals surface area contributed by atoms with E-state index < -0.39 is 16.0 Å². The number of carbonyl (C=O) groups is 1. The number of aromatic carboxylic acids is 1. The van der Waals surface area contributed by atoms with Gasteiger partial charge < -0.3 is 14.9 Å². The number of nitrogens with zero attached hydrogens (tertiary/aromatic N) is 2. The van der Waals surface area contributed by atoms with Crippen LogP contribution >= 0.6 is 11.6 Å². The number of sulfonamides is 1. The van der Waals surface area contributed by atoms with Gasteiger partial charge in [0.1, 0.15) is 0 Å². The molecule has 0 aromatic heterocycles. The van der Waals surface area contributed by atoms with Gasteiger partial charge in [0, 0.05) is 42.6 Å². The lowest BCUT2D eigenvalue weighted by atomic mass is 10.1. The molecule has 0 amide bonds. The second-order valence-electron chi connectivity index (χ2n) is 7.86. The quantitative estimate of drug-likeness (QED) is 0.535. The Morgan fingerprint density at radius 3 is 2.18 bits per heavy atom. The fraction of sp³-hybridized carbons (Fsp3) is 0.208. The molecule has 0 saturated carbocycles. The minimum absolute atomic E-state index is 0.0515. The van der Waals surface area contributed by atoms with Crippen LogP contribution in [0.25, 0.3) is 0 Å². The summed E-state index contributed by atoms with van der Waals surface area (Å²) in [7, 11) is -3.81. The third-order valence-electron chi connectivity index (χ3n) is 5.66. The van der Waals surface area contributed by atoms with E-state index in [2.05, 4.69) is 9.62 Å². The highest BCUT2D eigenvalue weighted by Crippen LogP contribution is 2.30. The lowest BCUT2D eigenvalue weighted by Crippen LogP contribution is -2.47. The molecular weight excluding hydrogens is 462 g/mol. The Labute approximate surface area is 198 Å². The summed E-state index contributed by atoms with van der Waals surface area (Å²) in [6.45, 7) is 4.71. The predicted molar refractivity (Wildman–Crippen MR) is 131 cm³/mol. The van der Waals surface area contributed by atoms with Gasteiger partial charge in [-0.3, -0.25) is 4.72 Å². The maximum atomic E-state index is 12.6. The SMILES string of the molecule is Cc1ccc(Cl)cc1N1CCN(c2ccc(NS(=O)(=O)c3ccccc3)cc2C(=O)O)CC1. The van der Waals surface area contributed by atoms with Gasteiger partial charge in [0.15, 0.2) is 0 Å². The summed E-state index contributed by atoms with van der Waals surface area (Å²) >= 11 is 6.16. The van der Waals surface area contributed by atoms with Crippen LogP contribution in [0, 0.1) is 6.92 Å². The summed E-state index contributed by atoms with van der Waals surface area (Å²) < 4.78 is 27.7. The predicted octanol–water partition coefficient (Wildman–Crippen LogP) is 4.47. The van der Waals surface area contributed by atoms with Crippen molar-refractivity contribution in [3.05, 3.63) is 82.9 Å². The van der Waals surface area contributed by atoms with E-state index in [1.165, 1.54) is 18.2 Å². The zero-order chi connectivity index (χ0) is 23.6. The van der Waals surface area contributed by atoms with Crippen molar-refractivity contribution in [2.45, 2.75) is 11.8 Å². The van der Waals surface area contributed by atoms with Gasteiger partial charge in [0.2, 0.25) is 0 Å². The van der Waals surface area contributed by atoms with E-state index in [-0.39, 0.29) is 16.1 Å². The average molecular weight is 486 g/mol. The molecule has 1 heterocycles. The van der Waals surface area contributed by atoms with Crippen LogP contribution in [0.1, 0.15) is 15.9 Å². The third kappa shape index (κ3) is 5.07. The Kier molecular flexibility index (Phi) is 6.49. The average Bonchev–Trinajstić information content (AvgIpc) is 2.81. The molecule has 1 aliphatic heterocycles. The molecule has 0 radical (unpaired) electrons. The Hall–Kier alpha value is -3.23. The molecule has 4 rings (SSSR count). The second kappa shape index (κ2) is 9.33. The lowest BCUT2D eigenvalue weighted by Gasteiger charge is -2.38. The number of halogens is 1. The van der Waals surface area contributed by atoms with E-state index in [4.69, 9.17) is 11.6 Å². The van der Waals surface area contributed by atoms with E-state index in [1.807, 2.05) is 30.0 Å². The fourth-order valence-corrected chi connectivity index (χ4v) is 5.21. The standard InChI is InChI=1S/C24H24ClN3O4S/c1-17-7-8-18(25)15-23(17)28-13-11-27(12-14-28)22-10-9-19(16-21(22)24(29)30)26-33(31,32)20-5-3-2-4-6-20/h2-10,15-16,26H,11-14H2,1H3,(H,29,30). The molecule has 9 heteroatoms. The van der Waals surface area contributed by atoms with Crippen LogP contribution in [0.2, 0.25) is 5.02 Å². The van der Waals surface area contributed by atoms with E-state index in [1.54, 1.807) is 30.3 Å². The smallest absolute Gasteiger partial charge is 0.337 e. The number of aryl methyl sites for hydroxylation is 1. The first kappa shape index (κ1) is 22.9. The van der Waals surface area contributed by atoms with Crippen LogP contribution in [-0.4, -0.2) is 45.7 Å². The Balaban J connectivity index is 1.53. The Bertz CT molecular complexity index is 1270. The van der Waals surface area contributed by atoms with E-state index in [0.717, 1.165) is 11.3 Å². The minimum Gasteiger partial charge on any atom is -0.478 e. The Morgan fingerprint density at radius 1 is 0.909 bits per heavy atom. The van der Waals surface area contributed by atoms with Crippen molar-refractivity contribution >= 4 is 44.7 Å². The monoisotopic (exact) mass is 485 g/mol. The highest BCUT2D eigenvalue weighted by atomic mass is 35.5. The van der Waals surface area contributed by atoms with Crippen molar-refractivity contribution in [3.63, 3.8) is 0 Å². The van der Waals surface area contributed by atoms with Crippen molar-refractivity contribution in [2.24, 2.45) is 0 Å². The van der Waals surface area contributed by atoms with Crippen LogP contribution in [0.3, 0.4) is 0 Å². The summed E-state index contributed by atoms with van der Waals surface area (Å²) in [5, 5.41) is 10.5. The van der Waals surface area contributed by atoms with Crippen molar-refractivity contribution in [1.82, 2.24) is 0 Å². The molecular formula is C24H24ClN3O4S. The number of anilines is 3. The van der Waals surface area contributed by atoms with Gasteiger partial charge in [-0.15, -0.1) is 0 Å². The van der Waals surface area contributed by atoms with Crippen LogP contribution in [0.15, 0.2) is 71.6 Å². The lowest BCUT2D eigenvalue weighted by molar-refractivity contribution is 0.0697. The molecule has 3 aromatic rings. The van der Waals surface area contributed by atoms with Crippen LogP contribution in [-0.2, 0) is 10.0 Å². The number of hydrogen-bond acceptors (Lipinski definition) is 5. The number of rotatable bonds is 6. The number of carboxylic acids is 1. The van der Waals surface area contributed by atoms with Crippen LogP contribution in [0.5, 0.6) is 0 Å². The van der Waals surface area contributed by atoms with Crippen molar-refractivity contribution in [2.75, 3.05) is 40.7 Å². The summed E-state index contributed by atoms with van der Waals surface area (Å²) in [6, 6.07) is 18.4. The highest BCUT2D eigenvalue weighted by molar-refractivity contribution is 7.92. The molecule has 1 aliphatic rings. The summed E-state index contributed by atoms with van der Waals surface area (Å²) in [5.41, 5.74) is 3.02. The minimum atomic E-state index is -3.81. The zero-order valence-corrected chi connectivity index (χ0v) is 19.6. The summed E-state index contributed by atoms with van der Waals surface area (Å²) in [4.78, 5) is 16.3. The van der Waals surface area contributed by atoms with Gasteiger partial charge in [0.05, 0.1) is 16.1 Å². The molecule has 172 valence electrons. The van der Waals surface area contributed by atoms with Crippen molar-refractivity contribution in [3.8, 4) is 0 Å². The molecule has 1 fully saturated rings. The van der Waals surface area contributed by atoms with Gasteiger partial charge in [-0.1, -0.05) is 35.9 Å². The third-order valence-corrected chi connectivity index (χ3v) is 7.30. The van der Waals surface area contributed by atoms with Crippen molar-refractivity contribution < 1.29 is 18.3 Å². The first-order chi connectivity index (χ1) is 15.7. The van der Waals surface area contributed by atoms with Crippen LogP contribution < -0.4 is 14.5 Å². The molecule has 33 heavy (non-hydrogen) atoms. The van der Waals surface area contributed by atoms with E-state index >= 15 is 0 Å². The maximum absolute atomic E-state index is 12.6. The van der Waals surface area contributed by atoms with E-state index in [9.17, 15) is 18.3 Å². The molecule has 7 nitrogen and oxygen atoms in total. The molecule has 0 aliphatic carbocycles. The molecule has 1 saturated heterocycles. The Morgan fingerprint density at radius 2 is 1.55 bits per heavy atom. The van der Waals surface area contributed by atoms with Gasteiger partial charge >= 0.3 is 5.97 Å². The molecule has 0 bridgehead atoms. The first-order valence-electron chi connectivity index (χ1n) is 10.5. The van der Waals surface area contributed by atoms with Gasteiger partial charge in [-0.05, 0) is 55.0 Å². The number of carboxylic acid groups (broad SMARTS) is 1. The van der Waals surface area contributed by atoms with Gasteiger partial charge in [0.25, 0.3) is 10.0 Å². The fourth-order valence-electron chi connectivity index (χ4n) is 3.97. The zero-order valence-electron chi connectivity index (χ0n) is 18.0. The molecule has 2 N–H and O–H groups in total. The summed E-state index contributed by atoms with van der Waals surface area (Å²) in [5.74, 6) is -1.11. The largest absolute Gasteiger partial charge is 0.478 e. The first-order valence-corrected chi connectivity index (χ1v) is 12.3. The second-order valence-corrected chi connectivity index (χ2v) is 9.98. The number of nitrogens with one attached hydrogen (secondary N) is 1. The van der Waals surface area contributed by atoms with Gasteiger partial charge in [-0.2, -0.15) is 0 Å². The maximum Gasteiger partial charge on any atom is 0.337 e. The highest BCUT2D eigenvalue weighted by Gasteiger charge is 2.24. The van der Waals surface area contributed by atoms with Crippen molar-refractivity contribution in [1.29, 1.82) is 0 Å². The molecule has 0 atom stereocenters. The molecule has 0 spiro atoms. The summed E-state index contributed by atoms with van der Waals surface area (Å²) in [6.07, 6.45) is 0. The normalized spacial score (nSPS) is 14.2. The molecule has 0 unspecified atom stereocenters. The number of hydrogen-bond donors (Lipinski definition) is 2. The van der Waals surface area contributed by atoms with Gasteiger partial charge in [-0.25, -0.2) is 13.2 Å². The number of piperazine rings is 1. The number of benzene rings is 3. The van der Waals surface area contributed by atoms with E-state index in [0.29, 0.717) is 36.9 Å². The van der Waals surface area contributed by atoms with Crippen LogP contribution in [0.4, 0.5) is 17.1 Å².